The van der Waals surface area contributed by atoms with Crippen molar-refractivity contribution in [2.45, 2.75) is 132 Å². The Labute approximate surface area is 288 Å². The lowest BCUT2D eigenvalue weighted by atomic mass is 10.0. The van der Waals surface area contributed by atoms with E-state index in [2.05, 4.69) is 83.9 Å². The zero-order chi connectivity index (χ0) is 33.9. The topological polar surface area (TPSA) is 50.8 Å². The zero-order valence-electron chi connectivity index (χ0n) is 30.1. The third kappa shape index (κ3) is 23.3. The first-order valence-electron chi connectivity index (χ1n) is 17.2. The summed E-state index contributed by atoms with van der Waals surface area (Å²) in [4.78, 5) is 0. The van der Waals surface area contributed by atoms with Gasteiger partial charge in [0, 0.05) is 44.6 Å². The maximum absolute atomic E-state index is 12.6. The Morgan fingerprint density at radius 3 is 1.80 bits per heavy atom. The van der Waals surface area contributed by atoms with Gasteiger partial charge in [-0.05, 0) is 119 Å². The molecule has 5 nitrogen and oxygen atoms in total. The molecule has 0 spiro atoms. The Hall–Kier alpha value is -0.650. The molecule has 2 atom stereocenters. The van der Waals surface area contributed by atoms with Gasteiger partial charge in [0.05, 0.1) is 6.61 Å². The Kier molecular flexibility index (Phi) is 28.0. The molecule has 1 N–H and O–H groups in total. The highest BCUT2D eigenvalue weighted by Gasteiger charge is 2.39. The van der Waals surface area contributed by atoms with Crippen LogP contribution < -0.4 is 5.09 Å². The van der Waals surface area contributed by atoms with Crippen LogP contribution in [0.25, 0.3) is 0 Å². The molecule has 1 saturated heterocycles. The molecule has 0 aromatic rings. The van der Waals surface area contributed by atoms with Gasteiger partial charge in [-0.2, -0.15) is 0 Å². The first kappa shape index (κ1) is 44.4. The molecule has 0 amide bonds. The van der Waals surface area contributed by atoms with E-state index in [1.54, 1.807) is 7.11 Å². The number of alkyl halides is 2. The summed E-state index contributed by atoms with van der Waals surface area (Å²) >= 11 is 11.3. The summed E-state index contributed by atoms with van der Waals surface area (Å²) in [6, 6.07) is 0.279. The summed E-state index contributed by atoms with van der Waals surface area (Å²) in [5.41, 5.74) is 7.49. The van der Waals surface area contributed by atoms with Gasteiger partial charge in [-0.3, -0.25) is 4.57 Å². The number of nitrogens with one attached hydrogen (secondary N) is 1. The van der Waals surface area contributed by atoms with Crippen LogP contribution in [0.15, 0.2) is 58.2 Å². The van der Waals surface area contributed by atoms with E-state index in [9.17, 15) is 4.57 Å². The minimum Gasteiger partial charge on any atom is -0.385 e. The van der Waals surface area contributed by atoms with Gasteiger partial charge in [0.25, 0.3) is 0 Å². The third-order valence-corrected chi connectivity index (χ3v) is 10.6. The number of methoxy groups -OCH3 is 1. The van der Waals surface area contributed by atoms with Gasteiger partial charge in [-0.1, -0.05) is 65.2 Å². The van der Waals surface area contributed by atoms with Crippen molar-refractivity contribution in [1.82, 2.24) is 9.76 Å². The number of nitrogens with zero attached hydrogens (tertiary/aromatic N) is 1. The first-order valence-corrected chi connectivity index (χ1v) is 19.8. The van der Waals surface area contributed by atoms with Crippen LogP contribution in [0.4, 0.5) is 0 Å². The van der Waals surface area contributed by atoms with Crippen molar-refractivity contribution in [2.75, 3.05) is 45.2 Å². The van der Waals surface area contributed by atoms with Crippen molar-refractivity contribution in [3.8, 4) is 0 Å². The van der Waals surface area contributed by atoms with Crippen LogP contribution in [0, 0.1) is 0 Å². The van der Waals surface area contributed by atoms with E-state index in [1.165, 1.54) is 66.4 Å². The van der Waals surface area contributed by atoms with E-state index in [1.807, 2.05) is 4.67 Å². The summed E-state index contributed by atoms with van der Waals surface area (Å²) in [5, 5.41) is 2.92. The maximum Gasteiger partial charge on any atom is 0.343 e. The van der Waals surface area contributed by atoms with Gasteiger partial charge >= 0.3 is 7.67 Å². The lowest BCUT2D eigenvalue weighted by Crippen LogP contribution is -2.43. The summed E-state index contributed by atoms with van der Waals surface area (Å²) in [6.07, 6.45) is 25.5. The molecule has 0 aromatic carbocycles. The Morgan fingerprint density at radius 2 is 1.33 bits per heavy atom. The monoisotopic (exact) mass is 688 g/mol. The molecule has 1 heterocycles. The Balaban J connectivity index is 0.00000101. The molecule has 0 radical (unpaired) electrons. The van der Waals surface area contributed by atoms with Gasteiger partial charge in [0.1, 0.15) is 0 Å². The van der Waals surface area contributed by atoms with Crippen LogP contribution in [-0.4, -0.2) is 55.9 Å². The third-order valence-electron chi connectivity index (χ3n) is 7.89. The Bertz CT molecular complexity index is 971. The molecule has 0 bridgehead atoms. The molecule has 0 aromatic heterocycles. The van der Waals surface area contributed by atoms with Crippen molar-refractivity contribution in [2.24, 2.45) is 0 Å². The second-order valence-electron chi connectivity index (χ2n) is 12.4. The highest BCUT2D eigenvalue weighted by Crippen LogP contribution is 2.51. The summed E-state index contributed by atoms with van der Waals surface area (Å²) in [5.74, 6) is 0.866. The van der Waals surface area contributed by atoms with E-state index < -0.39 is 7.67 Å². The molecule has 2 unspecified atom stereocenters. The predicted octanol–water partition coefficient (Wildman–Crippen LogP) is 11.9. The summed E-state index contributed by atoms with van der Waals surface area (Å²) in [7, 11) is -1.14. The fraction of sp³-hybridized carbons (Fsp3) is 0.730. The van der Waals surface area contributed by atoms with Crippen molar-refractivity contribution in [1.29, 1.82) is 0 Å². The second-order valence-corrected chi connectivity index (χ2v) is 15.3. The molecule has 45 heavy (non-hydrogen) atoms. The molecule has 1 aliphatic heterocycles. The van der Waals surface area contributed by atoms with E-state index in [0.29, 0.717) is 31.5 Å². The highest BCUT2D eigenvalue weighted by molar-refractivity contribution is 7.54. The molecule has 8 heteroatoms. The van der Waals surface area contributed by atoms with Crippen LogP contribution in [0.5, 0.6) is 0 Å². The lowest BCUT2D eigenvalue weighted by molar-refractivity contribution is 0.153. The average molecular weight is 690 g/mol. The van der Waals surface area contributed by atoms with E-state index in [-0.39, 0.29) is 6.04 Å². The number of hydrogen-bond acceptors (Lipinski definition) is 3. The number of halogens is 2. The zero-order valence-corrected chi connectivity index (χ0v) is 32.5. The van der Waals surface area contributed by atoms with E-state index in [4.69, 9.17) is 32.5 Å². The summed E-state index contributed by atoms with van der Waals surface area (Å²) in [6.45, 7) is 17.9. The summed E-state index contributed by atoms with van der Waals surface area (Å²) < 4.78 is 25.0. The fourth-order valence-electron chi connectivity index (χ4n) is 5.13. The molecule has 1 rings (SSSR count). The van der Waals surface area contributed by atoms with Crippen LogP contribution in [0.1, 0.15) is 126 Å². The minimum absolute atomic E-state index is 0.279. The quantitative estimate of drug-likeness (QED) is 0.0531. The Morgan fingerprint density at radius 1 is 0.822 bits per heavy atom. The van der Waals surface area contributed by atoms with Gasteiger partial charge < -0.3 is 9.26 Å². The second kappa shape index (κ2) is 28.4. The molecule has 1 aliphatic rings. The fourth-order valence-corrected chi connectivity index (χ4v) is 7.90. The molecule has 262 valence electrons. The standard InChI is InChI=1S/C28H48O.C9H19Cl2N2O2P/c1-24(2)14-10-17-27(5)20-11-18-25(3)15-8-9-16-26(4)19-12-21-28(6)22-13-23-29-7;1-2-9-3-8-15-16(14,12-6-4-10)13(9)7-5-11/h14-16,20-21H,8-13,17-19,22-23H2,1-7H3;9H,2-8H2,1H3,(H,12,14)/b25-15+,26-16+,27-20+,28-21+;. The molecule has 1 fully saturated rings. The molecule has 0 aliphatic carbocycles. The van der Waals surface area contributed by atoms with Crippen LogP contribution in [-0.2, 0) is 13.8 Å². The minimum atomic E-state index is -2.91. The van der Waals surface area contributed by atoms with Crippen LogP contribution in [0.3, 0.4) is 0 Å². The predicted molar refractivity (Wildman–Crippen MR) is 201 cm³/mol. The average Bonchev–Trinajstić information content (AvgIpc) is 3.00. The molecular formula is C37H67Cl2N2O3P. The molecular weight excluding hydrogens is 622 g/mol. The maximum atomic E-state index is 12.6. The van der Waals surface area contributed by atoms with E-state index in [0.717, 1.165) is 45.1 Å². The number of hydrogen-bond donors (Lipinski definition) is 1. The highest BCUT2D eigenvalue weighted by atomic mass is 35.5. The number of unbranched alkanes of at least 4 members (excludes halogenated alkanes) is 1. The normalized spacial score (nSPS) is 20.2. The SMILES string of the molecule is CCC1CCOP(=O)(NCCCl)N1CCCl.COCCC/C(C)=C/CC/C(C)=C/CC/C=C(\C)CC/C=C(\C)CCC=C(C)C. The largest absolute Gasteiger partial charge is 0.385 e. The van der Waals surface area contributed by atoms with Crippen molar-refractivity contribution >= 4 is 30.9 Å². The van der Waals surface area contributed by atoms with Crippen LogP contribution in [0.2, 0.25) is 0 Å². The number of rotatable bonds is 22. The smallest absolute Gasteiger partial charge is 0.343 e. The van der Waals surface area contributed by atoms with Gasteiger partial charge in [0.15, 0.2) is 0 Å². The van der Waals surface area contributed by atoms with Gasteiger partial charge in [-0.15, -0.1) is 23.2 Å². The van der Waals surface area contributed by atoms with Gasteiger partial charge in [0.2, 0.25) is 0 Å². The number of ether oxygens (including phenoxy) is 1. The van der Waals surface area contributed by atoms with Crippen molar-refractivity contribution in [3.05, 3.63) is 58.2 Å². The van der Waals surface area contributed by atoms with Crippen LogP contribution >= 0.6 is 30.9 Å². The van der Waals surface area contributed by atoms with Crippen molar-refractivity contribution < 1.29 is 13.8 Å². The van der Waals surface area contributed by atoms with E-state index >= 15 is 0 Å². The van der Waals surface area contributed by atoms with Gasteiger partial charge in [-0.25, -0.2) is 9.76 Å². The number of allylic oxidation sites excluding steroid dienone is 10. The molecule has 0 saturated carbocycles. The first-order chi connectivity index (χ1) is 21.5. The lowest BCUT2D eigenvalue weighted by Gasteiger charge is -2.40. The van der Waals surface area contributed by atoms with Crippen molar-refractivity contribution in [3.63, 3.8) is 0 Å².